The highest BCUT2D eigenvalue weighted by Crippen LogP contribution is 2.09. The van der Waals surface area contributed by atoms with E-state index in [4.69, 9.17) is 11.6 Å². The molecule has 110 valence electrons. The van der Waals surface area contributed by atoms with Crippen molar-refractivity contribution in [3.8, 4) is 0 Å². The molecule has 1 aromatic carbocycles. The second-order valence-electron chi connectivity index (χ2n) is 5.79. The molecule has 0 aliphatic heterocycles. The van der Waals surface area contributed by atoms with Gasteiger partial charge in [0.15, 0.2) is 0 Å². The van der Waals surface area contributed by atoms with Crippen molar-refractivity contribution < 1.29 is 9.59 Å². The third-order valence-corrected chi connectivity index (χ3v) is 2.91. The number of halogens is 1. The largest absolute Gasteiger partial charge is 0.350 e. The molecule has 1 aromatic rings. The zero-order chi connectivity index (χ0) is 15.3. The molecule has 0 fully saturated rings. The molecule has 4 nitrogen and oxygen atoms in total. The Kier molecular flexibility index (Phi) is 5.57. The summed E-state index contributed by atoms with van der Waals surface area (Å²) in [5.74, 6) is 0.0547. The van der Waals surface area contributed by atoms with Crippen molar-refractivity contribution in [2.45, 2.75) is 32.2 Å². The van der Waals surface area contributed by atoms with E-state index in [1.807, 2.05) is 32.9 Å². The van der Waals surface area contributed by atoms with Crippen LogP contribution in [-0.2, 0) is 10.7 Å². The van der Waals surface area contributed by atoms with Gasteiger partial charge in [-0.05, 0) is 38.5 Å². The number of carbonyl (C=O) groups is 2. The van der Waals surface area contributed by atoms with Gasteiger partial charge in [0.05, 0.1) is 6.54 Å². The summed E-state index contributed by atoms with van der Waals surface area (Å²) in [7, 11) is 1.61. The summed E-state index contributed by atoms with van der Waals surface area (Å²) in [4.78, 5) is 25.3. The van der Waals surface area contributed by atoms with E-state index >= 15 is 0 Å². The first-order valence-electron chi connectivity index (χ1n) is 6.44. The Hall–Kier alpha value is -1.55. The van der Waals surface area contributed by atoms with Gasteiger partial charge in [0.25, 0.3) is 5.91 Å². The third-order valence-electron chi connectivity index (χ3n) is 2.60. The average Bonchev–Trinajstić information content (AvgIpc) is 2.35. The molecule has 0 spiro atoms. The molecule has 0 atom stereocenters. The molecular weight excluding hydrogens is 276 g/mol. The number of nitrogens with zero attached hydrogens (tertiary/aromatic N) is 1. The number of hydrogen-bond acceptors (Lipinski definition) is 2. The minimum Gasteiger partial charge on any atom is -0.350 e. The summed E-state index contributed by atoms with van der Waals surface area (Å²) in [5, 5.41) is 2.82. The predicted molar refractivity (Wildman–Crippen MR) is 80.9 cm³/mol. The minimum atomic E-state index is -0.303. The number of amides is 2. The zero-order valence-corrected chi connectivity index (χ0v) is 13.1. The van der Waals surface area contributed by atoms with Crippen molar-refractivity contribution in [1.29, 1.82) is 0 Å². The van der Waals surface area contributed by atoms with Crippen molar-refractivity contribution in [2.75, 3.05) is 13.6 Å². The Morgan fingerprint density at radius 3 is 2.20 bits per heavy atom. The van der Waals surface area contributed by atoms with Gasteiger partial charge in [0.1, 0.15) is 0 Å². The number of rotatable bonds is 4. The van der Waals surface area contributed by atoms with Crippen LogP contribution in [0.5, 0.6) is 0 Å². The second kappa shape index (κ2) is 6.75. The van der Waals surface area contributed by atoms with Crippen molar-refractivity contribution in [3.05, 3.63) is 35.4 Å². The van der Waals surface area contributed by atoms with E-state index in [2.05, 4.69) is 5.32 Å². The Balaban J connectivity index is 2.64. The molecule has 1 N–H and O–H groups in total. The Morgan fingerprint density at radius 2 is 1.75 bits per heavy atom. The maximum absolute atomic E-state index is 12.2. The van der Waals surface area contributed by atoms with Crippen molar-refractivity contribution in [1.82, 2.24) is 10.2 Å². The fourth-order valence-corrected chi connectivity index (χ4v) is 1.88. The van der Waals surface area contributed by atoms with Crippen molar-refractivity contribution in [2.24, 2.45) is 0 Å². The highest BCUT2D eigenvalue weighted by atomic mass is 35.5. The van der Waals surface area contributed by atoms with Gasteiger partial charge < -0.3 is 10.2 Å². The van der Waals surface area contributed by atoms with E-state index in [1.54, 1.807) is 19.2 Å². The summed E-state index contributed by atoms with van der Waals surface area (Å²) in [6.45, 7) is 5.74. The molecule has 0 saturated heterocycles. The molecule has 0 aromatic heterocycles. The lowest BCUT2D eigenvalue weighted by molar-refractivity contribution is -0.122. The Bertz CT molecular complexity index is 478. The van der Waals surface area contributed by atoms with Gasteiger partial charge in [0.2, 0.25) is 5.91 Å². The Morgan fingerprint density at radius 1 is 1.20 bits per heavy atom. The van der Waals surface area contributed by atoms with Crippen LogP contribution in [0, 0.1) is 0 Å². The number of carbonyl (C=O) groups excluding carboxylic acids is 2. The van der Waals surface area contributed by atoms with Gasteiger partial charge in [-0.25, -0.2) is 0 Å². The highest BCUT2D eigenvalue weighted by molar-refractivity contribution is 6.17. The molecule has 0 heterocycles. The highest BCUT2D eigenvalue weighted by Gasteiger charge is 2.18. The lowest BCUT2D eigenvalue weighted by atomic mass is 10.1. The molecule has 0 saturated carbocycles. The van der Waals surface area contributed by atoms with E-state index in [0.29, 0.717) is 11.4 Å². The molecular formula is C15H21ClN2O2. The SMILES string of the molecule is CN(CC(=O)NC(C)(C)C)C(=O)c1ccc(CCl)cc1. The van der Waals surface area contributed by atoms with Crippen LogP contribution in [0.1, 0.15) is 36.7 Å². The quantitative estimate of drug-likeness (QED) is 0.868. The van der Waals surface area contributed by atoms with E-state index in [0.717, 1.165) is 5.56 Å². The van der Waals surface area contributed by atoms with Crippen molar-refractivity contribution >= 4 is 23.4 Å². The fourth-order valence-electron chi connectivity index (χ4n) is 1.70. The number of benzene rings is 1. The Labute approximate surface area is 125 Å². The predicted octanol–water partition coefficient (Wildman–Crippen LogP) is 2.41. The van der Waals surface area contributed by atoms with Crippen molar-refractivity contribution in [3.63, 3.8) is 0 Å². The molecule has 1 rings (SSSR count). The van der Waals surface area contributed by atoms with Crippen LogP contribution in [0.15, 0.2) is 24.3 Å². The first kappa shape index (κ1) is 16.5. The first-order chi connectivity index (χ1) is 9.23. The van der Waals surface area contributed by atoms with Gasteiger partial charge in [-0.2, -0.15) is 0 Å². The smallest absolute Gasteiger partial charge is 0.254 e. The molecule has 0 bridgehead atoms. The number of alkyl halides is 1. The van der Waals surface area contributed by atoms with Crippen LogP contribution in [0.3, 0.4) is 0 Å². The van der Waals surface area contributed by atoms with Gasteiger partial charge in [-0.1, -0.05) is 12.1 Å². The molecule has 0 radical (unpaired) electrons. The molecule has 2 amide bonds. The van der Waals surface area contributed by atoms with Crippen LogP contribution in [0.4, 0.5) is 0 Å². The first-order valence-corrected chi connectivity index (χ1v) is 6.98. The fraction of sp³-hybridized carbons (Fsp3) is 0.467. The van der Waals surface area contributed by atoms with E-state index in [9.17, 15) is 9.59 Å². The molecule has 20 heavy (non-hydrogen) atoms. The average molecular weight is 297 g/mol. The number of hydrogen-bond donors (Lipinski definition) is 1. The van der Waals surface area contributed by atoms with Gasteiger partial charge >= 0.3 is 0 Å². The summed E-state index contributed by atoms with van der Waals surface area (Å²) in [6, 6.07) is 7.06. The third kappa shape index (κ3) is 5.21. The van der Waals surface area contributed by atoms with Gasteiger partial charge in [0, 0.05) is 24.0 Å². The summed E-state index contributed by atoms with van der Waals surface area (Å²) in [6.07, 6.45) is 0. The minimum absolute atomic E-state index is 0.0351. The summed E-state index contributed by atoms with van der Waals surface area (Å²) in [5.41, 5.74) is 1.20. The van der Waals surface area contributed by atoms with Crippen LogP contribution in [0.2, 0.25) is 0 Å². The van der Waals surface area contributed by atoms with E-state index in [1.165, 1.54) is 4.90 Å². The van der Waals surface area contributed by atoms with Crippen LogP contribution >= 0.6 is 11.6 Å². The maximum atomic E-state index is 12.2. The second-order valence-corrected chi connectivity index (χ2v) is 6.06. The number of nitrogens with one attached hydrogen (secondary N) is 1. The lowest BCUT2D eigenvalue weighted by Crippen LogP contribution is -2.46. The van der Waals surface area contributed by atoms with Crippen LogP contribution < -0.4 is 5.32 Å². The molecule has 0 unspecified atom stereocenters. The molecule has 0 aliphatic carbocycles. The zero-order valence-electron chi connectivity index (χ0n) is 12.4. The van der Waals surface area contributed by atoms with E-state index in [-0.39, 0.29) is 23.9 Å². The lowest BCUT2D eigenvalue weighted by Gasteiger charge is -2.23. The van der Waals surface area contributed by atoms with Gasteiger partial charge in [-0.15, -0.1) is 11.6 Å². The summed E-state index contributed by atoms with van der Waals surface area (Å²) < 4.78 is 0. The number of likely N-dealkylation sites (N-methyl/N-ethyl adjacent to an activating group) is 1. The topological polar surface area (TPSA) is 49.4 Å². The van der Waals surface area contributed by atoms with Crippen LogP contribution in [-0.4, -0.2) is 35.8 Å². The normalized spacial score (nSPS) is 11.1. The van der Waals surface area contributed by atoms with E-state index < -0.39 is 0 Å². The molecule has 0 aliphatic rings. The van der Waals surface area contributed by atoms with Gasteiger partial charge in [-0.3, -0.25) is 9.59 Å². The standard InChI is InChI=1S/C15H21ClN2O2/c1-15(2,3)17-13(19)10-18(4)14(20)12-7-5-11(9-16)6-8-12/h5-8H,9-10H2,1-4H3,(H,17,19). The summed E-state index contributed by atoms with van der Waals surface area (Å²) >= 11 is 5.70. The van der Waals surface area contributed by atoms with Crippen LogP contribution in [0.25, 0.3) is 0 Å². The maximum Gasteiger partial charge on any atom is 0.254 e. The monoisotopic (exact) mass is 296 g/mol. The molecule has 5 heteroatoms.